The molecule has 0 atom stereocenters. The van der Waals surface area contributed by atoms with Crippen LogP contribution in [0.25, 0.3) is 0 Å². The Morgan fingerprint density at radius 1 is 1.47 bits per heavy atom. The Balaban J connectivity index is 2.61. The third-order valence-corrected chi connectivity index (χ3v) is 3.12. The van der Waals surface area contributed by atoms with Crippen LogP contribution in [-0.2, 0) is 5.54 Å². The number of H-pyrrole nitrogens is 1. The molecular formula is C10H15N3O2. The molecule has 2 rings (SSSR count). The molecule has 1 heterocycles. The van der Waals surface area contributed by atoms with Gasteiger partial charge in [-0.3, -0.25) is 14.3 Å². The fraction of sp³-hybridized carbons (Fsp3) is 0.600. The van der Waals surface area contributed by atoms with Gasteiger partial charge in [0.2, 0.25) is 0 Å². The quantitative estimate of drug-likeness (QED) is 0.733. The zero-order valence-electron chi connectivity index (χ0n) is 8.91. The van der Waals surface area contributed by atoms with E-state index in [0.717, 1.165) is 12.8 Å². The minimum Gasteiger partial charge on any atom is -0.385 e. The molecule has 1 aliphatic carbocycles. The van der Waals surface area contributed by atoms with Gasteiger partial charge in [-0.15, -0.1) is 0 Å². The molecule has 1 fully saturated rings. The van der Waals surface area contributed by atoms with Crippen molar-refractivity contribution in [1.29, 1.82) is 0 Å². The summed E-state index contributed by atoms with van der Waals surface area (Å²) < 4.78 is 1.48. The molecule has 0 saturated heterocycles. The second-order valence-electron chi connectivity index (χ2n) is 4.63. The summed E-state index contributed by atoms with van der Waals surface area (Å²) in [6.45, 7) is 3.95. The first-order chi connectivity index (χ1) is 6.93. The average Bonchev–Trinajstić information content (AvgIpc) is 2.81. The lowest BCUT2D eigenvalue weighted by Gasteiger charge is -2.28. The summed E-state index contributed by atoms with van der Waals surface area (Å²) in [6.07, 6.45) is 2.22. The first-order valence-corrected chi connectivity index (χ1v) is 5.05. The highest BCUT2D eigenvalue weighted by molar-refractivity contribution is 5.28. The van der Waals surface area contributed by atoms with Crippen molar-refractivity contribution < 1.29 is 0 Å². The van der Waals surface area contributed by atoms with Gasteiger partial charge in [-0.25, -0.2) is 4.79 Å². The van der Waals surface area contributed by atoms with E-state index in [-0.39, 0.29) is 11.4 Å². The van der Waals surface area contributed by atoms with Gasteiger partial charge in [0.25, 0.3) is 5.56 Å². The molecular weight excluding hydrogens is 194 g/mol. The summed E-state index contributed by atoms with van der Waals surface area (Å²) in [6, 6.07) is 1.26. The van der Waals surface area contributed by atoms with Gasteiger partial charge >= 0.3 is 5.69 Å². The van der Waals surface area contributed by atoms with E-state index in [2.05, 4.69) is 4.98 Å². The number of nitrogen functional groups attached to an aromatic ring is 1. The van der Waals surface area contributed by atoms with Crippen molar-refractivity contribution in [3.05, 3.63) is 26.9 Å². The van der Waals surface area contributed by atoms with Crippen LogP contribution in [0, 0.1) is 5.92 Å². The summed E-state index contributed by atoms with van der Waals surface area (Å²) in [5, 5.41) is 0. The number of aromatic amines is 1. The number of hydrogen-bond donors (Lipinski definition) is 2. The average molecular weight is 209 g/mol. The van der Waals surface area contributed by atoms with Crippen molar-refractivity contribution in [2.75, 3.05) is 5.73 Å². The van der Waals surface area contributed by atoms with Gasteiger partial charge in [0.15, 0.2) is 0 Å². The highest BCUT2D eigenvalue weighted by Crippen LogP contribution is 2.43. The highest BCUT2D eigenvalue weighted by Gasteiger charge is 2.40. The highest BCUT2D eigenvalue weighted by atomic mass is 16.2. The van der Waals surface area contributed by atoms with Gasteiger partial charge in [0.1, 0.15) is 5.82 Å². The summed E-state index contributed by atoms with van der Waals surface area (Å²) in [5.74, 6) is 0.712. The predicted molar refractivity (Wildman–Crippen MR) is 57.8 cm³/mol. The van der Waals surface area contributed by atoms with Crippen molar-refractivity contribution in [3.8, 4) is 0 Å². The summed E-state index contributed by atoms with van der Waals surface area (Å²) in [7, 11) is 0. The smallest absolute Gasteiger partial charge is 0.330 e. The Bertz CT molecular complexity index is 494. The Hall–Kier alpha value is -1.52. The maximum absolute atomic E-state index is 11.7. The molecule has 1 saturated carbocycles. The van der Waals surface area contributed by atoms with Gasteiger partial charge < -0.3 is 5.73 Å². The number of hydrogen-bond acceptors (Lipinski definition) is 3. The Kier molecular flexibility index (Phi) is 1.99. The minimum absolute atomic E-state index is 0.237. The molecule has 82 valence electrons. The third kappa shape index (κ3) is 1.58. The van der Waals surface area contributed by atoms with Crippen LogP contribution in [0.1, 0.15) is 26.7 Å². The van der Waals surface area contributed by atoms with E-state index in [1.807, 2.05) is 13.8 Å². The zero-order chi connectivity index (χ0) is 11.2. The van der Waals surface area contributed by atoms with E-state index < -0.39 is 11.2 Å². The molecule has 15 heavy (non-hydrogen) atoms. The van der Waals surface area contributed by atoms with Gasteiger partial charge in [-0.2, -0.15) is 0 Å². The topological polar surface area (TPSA) is 80.9 Å². The van der Waals surface area contributed by atoms with Gasteiger partial charge in [-0.05, 0) is 32.6 Å². The molecule has 0 bridgehead atoms. The Morgan fingerprint density at radius 2 is 2.07 bits per heavy atom. The van der Waals surface area contributed by atoms with Crippen LogP contribution in [0.4, 0.5) is 5.82 Å². The molecule has 0 amide bonds. The van der Waals surface area contributed by atoms with Crippen LogP contribution in [0.5, 0.6) is 0 Å². The summed E-state index contributed by atoms with van der Waals surface area (Å²) >= 11 is 0. The van der Waals surface area contributed by atoms with E-state index >= 15 is 0 Å². The Morgan fingerprint density at radius 3 is 2.53 bits per heavy atom. The lowest BCUT2D eigenvalue weighted by molar-refractivity contribution is 0.295. The molecule has 1 aromatic rings. The number of nitrogens with one attached hydrogen (secondary N) is 1. The summed E-state index contributed by atoms with van der Waals surface area (Å²) in [5.41, 5.74) is 4.54. The van der Waals surface area contributed by atoms with E-state index in [0.29, 0.717) is 5.92 Å². The van der Waals surface area contributed by atoms with Crippen LogP contribution in [0.15, 0.2) is 15.7 Å². The number of anilines is 1. The molecule has 1 aromatic heterocycles. The lowest BCUT2D eigenvalue weighted by atomic mass is 9.98. The second-order valence-corrected chi connectivity index (χ2v) is 4.63. The van der Waals surface area contributed by atoms with Crippen molar-refractivity contribution in [2.45, 2.75) is 32.2 Å². The molecule has 0 radical (unpaired) electrons. The number of nitrogens with two attached hydrogens (primary N) is 1. The van der Waals surface area contributed by atoms with E-state index in [1.54, 1.807) is 0 Å². The molecule has 0 unspecified atom stereocenters. The monoisotopic (exact) mass is 209 g/mol. The molecule has 0 aromatic carbocycles. The van der Waals surface area contributed by atoms with Crippen LogP contribution in [0.2, 0.25) is 0 Å². The SMILES string of the molecule is CC(C)(C1CC1)n1c(N)cc(=O)[nH]c1=O. The van der Waals surface area contributed by atoms with Gasteiger partial charge in [-0.1, -0.05) is 0 Å². The third-order valence-electron chi connectivity index (χ3n) is 3.12. The maximum atomic E-state index is 11.7. The summed E-state index contributed by atoms with van der Waals surface area (Å²) in [4.78, 5) is 24.9. The molecule has 3 N–H and O–H groups in total. The largest absolute Gasteiger partial charge is 0.385 e. The van der Waals surface area contributed by atoms with Crippen LogP contribution < -0.4 is 17.0 Å². The standard InChI is InChI=1S/C10H15N3O2/c1-10(2,6-3-4-6)13-7(11)5-8(14)12-9(13)15/h5-6H,3-4,11H2,1-2H3,(H,12,14,15). The predicted octanol–water partition coefficient (Wildman–Crippen LogP) is 0.264. The first-order valence-electron chi connectivity index (χ1n) is 5.05. The zero-order valence-corrected chi connectivity index (χ0v) is 8.91. The number of rotatable bonds is 2. The maximum Gasteiger partial charge on any atom is 0.330 e. The number of nitrogens with zero attached hydrogens (tertiary/aromatic N) is 1. The molecule has 1 aliphatic rings. The molecule has 5 heteroatoms. The fourth-order valence-corrected chi connectivity index (χ4v) is 2.08. The van der Waals surface area contributed by atoms with Crippen LogP contribution in [0.3, 0.4) is 0 Å². The van der Waals surface area contributed by atoms with Gasteiger partial charge in [0.05, 0.1) is 0 Å². The number of aromatic nitrogens is 2. The van der Waals surface area contributed by atoms with Crippen molar-refractivity contribution >= 4 is 5.82 Å². The Labute approximate surface area is 86.9 Å². The first kappa shape index (κ1) is 10.0. The van der Waals surface area contributed by atoms with Crippen molar-refractivity contribution in [2.24, 2.45) is 5.92 Å². The van der Waals surface area contributed by atoms with Crippen molar-refractivity contribution in [3.63, 3.8) is 0 Å². The van der Waals surface area contributed by atoms with Gasteiger partial charge in [0, 0.05) is 11.6 Å². The van der Waals surface area contributed by atoms with Crippen LogP contribution >= 0.6 is 0 Å². The fourth-order valence-electron chi connectivity index (χ4n) is 2.08. The van der Waals surface area contributed by atoms with Crippen molar-refractivity contribution in [1.82, 2.24) is 9.55 Å². The van der Waals surface area contributed by atoms with E-state index in [1.165, 1.54) is 10.6 Å². The van der Waals surface area contributed by atoms with E-state index in [9.17, 15) is 9.59 Å². The molecule has 0 spiro atoms. The van der Waals surface area contributed by atoms with E-state index in [4.69, 9.17) is 5.73 Å². The normalized spacial score (nSPS) is 16.7. The second kappa shape index (κ2) is 2.98. The molecule has 5 nitrogen and oxygen atoms in total. The molecule has 0 aliphatic heterocycles. The van der Waals surface area contributed by atoms with Crippen LogP contribution in [-0.4, -0.2) is 9.55 Å². The minimum atomic E-state index is -0.444. The lowest BCUT2D eigenvalue weighted by Crippen LogP contribution is -2.43.